The van der Waals surface area contributed by atoms with Gasteiger partial charge in [0.2, 0.25) is 15.9 Å². The number of halogens is 1. The lowest BCUT2D eigenvalue weighted by atomic mass is 10.3. The molecule has 1 aromatic carbocycles. The topological polar surface area (TPSA) is 122 Å². The number of nitrogens with one attached hydrogen (secondary N) is 2. The molecule has 0 aromatic heterocycles. The number of sulfonamides is 1. The van der Waals surface area contributed by atoms with Crippen LogP contribution in [0.25, 0.3) is 0 Å². The van der Waals surface area contributed by atoms with Crippen LogP contribution < -0.4 is 10.0 Å². The lowest BCUT2D eigenvalue weighted by molar-refractivity contribution is -0.140. The molecule has 0 aliphatic heterocycles. The van der Waals surface area contributed by atoms with Crippen molar-refractivity contribution in [2.24, 2.45) is 0 Å². The summed E-state index contributed by atoms with van der Waals surface area (Å²) in [6.45, 7) is -0.567. The predicted octanol–water partition coefficient (Wildman–Crippen LogP) is 0.0486. The summed E-state index contributed by atoms with van der Waals surface area (Å²) in [4.78, 5) is 22.8. The first kappa shape index (κ1) is 20.4. The zero-order chi connectivity index (χ0) is 18.2. The van der Waals surface area contributed by atoms with E-state index in [1.807, 2.05) is 0 Å². The molecule has 1 aromatic rings. The Balaban J connectivity index is 2.60. The number of ether oxygens (including phenoxy) is 1. The zero-order valence-electron chi connectivity index (χ0n) is 13.0. The maximum atomic E-state index is 12.2. The Hall–Kier alpha value is -1.68. The summed E-state index contributed by atoms with van der Waals surface area (Å²) in [7, 11) is -2.73. The number of methoxy groups -OCH3 is 1. The number of esters is 1. The highest BCUT2D eigenvalue weighted by atomic mass is 35.5. The van der Waals surface area contributed by atoms with Gasteiger partial charge < -0.3 is 15.2 Å². The highest BCUT2D eigenvalue weighted by Crippen LogP contribution is 2.14. The van der Waals surface area contributed by atoms with Gasteiger partial charge in [-0.05, 0) is 30.7 Å². The fraction of sp³-hybridized carbons (Fsp3) is 0.429. The van der Waals surface area contributed by atoms with Crippen LogP contribution in [0.15, 0.2) is 29.2 Å². The summed E-state index contributed by atoms with van der Waals surface area (Å²) in [5.41, 5.74) is 0. The van der Waals surface area contributed by atoms with Gasteiger partial charge in [-0.2, -0.15) is 4.72 Å². The van der Waals surface area contributed by atoms with E-state index in [1.165, 1.54) is 31.4 Å². The minimum Gasteiger partial charge on any atom is -0.469 e. The van der Waals surface area contributed by atoms with E-state index in [2.05, 4.69) is 14.8 Å². The third kappa shape index (κ3) is 6.44. The van der Waals surface area contributed by atoms with Crippen molar-refractivity contribution >= 4 is 33.5 Å². The molecular weight excluding hydrogens is 360 g/mol. The maximum Gasteiger partial charge on any atom is 0.305 e. The van der Waals surface area contributed by atoms with Crippen LogP contribution in [0, 0.1) is 0 Å². The molecule has 1 amide bonds. The fourth-order valence-electron chi connectivity index (χ4n) is 1.71. The number of amides is 1. The molecule has 1 rings (SSSR count). The summed E-state index contributed by atoms with van der Waals surface area (Å²) in [6.07, 6.45) is 0.456. The molecule has 1 atom stereocenters. The normalized spacial score (nSPS) is 12.5. The molecular formula is C14H19ClN2O6S. The van der Waals surface area contributed by atoms with E-state index in [4.69, 9.17) is 11.6 Å². The van der Waals surface area contributed by atoms with E-state index in [1.54, 1.807) is 0 Å². The van der Waals surface area contributed by atoms with Crippen molar-refractivity contribution in [2.45, 2.75) is 23.8 Å². The molecule has 1 unspecified atom stereocenters. The monoisotopic (exact) mass is 378 g/mol. The number of hydrogen-bond donors (Lipinski definition) is 3. The van der Waals surface area contributed by atoms with E-state index in [9.17, 15) is 23.1 Å². The minimum absolute atomic E-state index is 0.0798. The molecule has 3 N–H and O–H groups in total. The first-order chi connectivity index (χ1) is 11.3. The van der Waals surface area contributed by atoms with Gasteiger partial charge in [0, 0.05) is 18.0 Å². The largest absolute Gasteiger partial charge is 0.469 e. The van der Waals surface area contributed by atoms with E-state index < -0.39 is 34.5 Å². The number of hydrogen-bond acceptors (Lipinski definition) is 6. The fourth-order valence-corrected chi connectivity index (χ4v) is 3.02. The van der Waals surface area contributed by atoms with Crippen molar-refractivity contribution < 1.29 is 27.9 Å². The molecule has 10 heteroatoms. The Morgan fingerprint density at radius 3 is 2.46 bits per heavy atom. The molecule has 0 radical (unpaired) electrons. The van der Waals surface area contributed by atoms with Gasteiger partial charge in [-0.1, -0.05) is 11.6 Å². The van der Waals surface area contributed by atoms with Gasteiger partial charge in [0.1, 0.15) is 6.04 Å². The lowest BCUT2D eigenvalue weighted by Gasteiger charge is -2.16. The van der Waals surface area contributed by atoms with Crippen LogP contribution >= 0.6 is 11.6 Å². The zero-order valence-corrected chi connectivity index (χ0v) is 14.6. The van der Waals surface area contributed by atoms with Gasteiger partial charge >= 0.3 is 5.97 Å². The van der Waals surface area contributed by atoms with Crippen LogP contribution in [0.4, 0.5) is 0 Å². The summed E-state index contributed by atoms with van der Waals surface area (Å²) in [5, 5.41) is 12.1. The van der Waals surface area contributed by atoms with Crippen molar-refractivity contribution in [1.82, 2.24) is 10.0 Å². The number of carbonyl (C=O) groups is 2. The molecule has 0 bridgehead atoms. The lowest BCUT2D eigenvalue weighted by Crippen LogP contribution is -2.49. The smallest absolute Gasteiger partial charge is 0.305 e. The second kappa shape index (κ2) is 9.58. The molecule has 24 heavy (non-hydrogen) atoms. The van der Waals surface area contributed by atoms with Crippen LogP contribution in [-0.2, 0) is 24.3 Å². The highest BCUT2D eigenvalue weighted by Gasteiger charge is 2.24. The van der Waals surface area contributed by atoms with E-state index in [0.29, 0.717) is 11.4 Å². The summed E-state index contributed by atoms with van der Waals surface area (Å²) in [5.74, 6) is -1.11. The Kier molecular flexibility index (Phi) is 8.13. The molecule has 0 heterocycles. The SMILES string of the molecule is COC(=O)CCCNC(=O)C(CO)NS(=O)(=O)c1ccc(Cl)cc1. The number of carbonyl (C=O) groups excluding carboxylic acids is 2. The van der Waals surface area contributed by atoms with E-state index in [-0.39, 0.29) is 17.9 Å². The summed E-state index contributed by atoms with van der Waals surface area (Å²) in [6, 6.07) is 4.03. The molecule has 8 nitrogen and oxygen atoms in total. The quantitative estimate of drug-likeness (QED) is 0.412. The Morgan fingerprint density at radius 1 is 1.29 bits per heavy atom. The molecule has 0 fully saturated rings. The highest BCUT2D eigenvalue weighted by molar-refractivity contribution is 7.89. The Labute approximate surface area is 145 Å². The van der Waals surface area contributed by atoms with Crippen LogP contribution in [0.2, 0.25) is 5.02 Å². The van der Waals surface area contributed by atoms with Crippen LogP contribution in [0.3, 0.4) is 0 Å². The molecule has 0 spiro atoms. The molecule has 0 aliphatic rings. The van der Waals surface area contributed by atoms with Crippen LogP contribution in [-0.4, -0.2) is 51.7 Å². The third-order valence-corrected chi connectivity index (χ3v) is 4.74. The number of rotatable bonds is 9. The minimum atomic E-state index is -3.98. The number of aliphatic hydroxyl groups excluding tert-OH is 1. The van der Waals surface area contributed by atoms with Gasteiger partial charge in [-0.15, -0.1) is 0 Å². The Morgan fingerprint density at radius 2 is 1.92 bits per heavy atom. The molecule has 0 saturated heterocycles. The second-order valence-electron chi connectivity index (χ2n) is 4.78. The van der Waals surface area contributed by atoms with Crippen molar-refractivity contribution in [2.75, 3.05) is 20.3 Å². The van der Waals surface area contributed by atoms with Crippen LogP contribution in [0.1, 0.15) is 12.8 Å². The van der Waals surface area contributed by atoms with Gasteiger partial charge in [-0.3, -0.25) is 9.59 Å². The maximum absolute atomic E-state index is 12.2. The first-order valence-electron chi connectivity index (χ1n) is 7.03. The van der Waals surface area contributed by atoms with Crippen molar-refractivity contribution in [3.05, 3.63) is 29.3 Å². The van der Waals surface area contributed by atoms with Gasteiger partial charge in [0.05, 0.1) is 18.6 Å². The number of aliphatic hydroxyl groups is 1. The molecule has 0 saturated carbocycles. The van der Waals surface area contributed by atoms with E-state index in [0.717, 1.165) is 0 Å². The third-order valence-electron chi connectivity index (χ3n) is 3.00. The standard InChI is InChI=1S/C14H19ClN2O6S/c1-23-13(19)3-2-8-16-14(20)12(9-18)17-24(21,22)11-6-4-10(15)5-7-11/h4-7,12,17-18H,2-3,8-9H2,1H3,(H,16,20). The van der Waals surface area contributed by atoms with Gasteiger partial charge in [0.25, 0.3) is 0 Å². The van der Waals surface area contributed by atoms with Gasteiger partial charge in [-0.25, -0.2) is 8.42 Å². The number of benzene rings is 1. The van der Waals surface area contributed by atoms with E-state index >= 15 is 0 Å². The molecule has 0 aliphatic carbocycles. The molecule has 134 valence electrons. The van der Waals surface area contributed by atoms with Gasteiger partial charge in [0.15, 0.2) is 0 Å². The van der Waals surface area contributed by atoms with Crippen molar-refractivity contribution in [3.8, 4) is 0 Å². The summed E-state index contributed by atoms with van der Waals surface area (Å²) >= 11 is 5.70. The average molecular weight is 379 g/mol. The second-order valence-corrected chi connectivity index (χ2v) is 6.93. The predicted molar refractivity (Wildman–Crippen MR) is 86.9 cm³/mol. The van der Waals surface area contributed by atoms with Crippen LogP contribution in [0.5, 0.6) is 0 Å². The Bertz CT molecular complexity index is 662. The average Bonchev–Trinajstić information content (AvgIpc) is 2.56. The van der Waals surface area contributed by atoms with Crippen molar-refractivity contribution in [1.29, 1.82) is 0 Å². The summed E-state index contributed by atoms with van der Waals surface area (Å²) < 4.78 is 30.9. The van der Waals surface area contributed by atoms with Crippen molar-refractivity contribution in [3.63, 3.8) is 0 Å². The first-order valence-corrected chi connectivity index (χ1v) is 8.89.